The molecule has 0 bridgehead atoms. The molecule has 0 aromatic heterocycles. The minimum atomic E-state index is -0.797. The number of aryl methyl sites for hydroxylation is 1. The van der Waals surface area contributed by atoms with Crippen LogP contribution in [0.15, 0.2) is 36.4 Å². The summed E-state index contributed by atoms with van der Waals surface area (Å²) in [6, 6.07) is 12.5. The fourth-order valence-electron chi connectivity index (χ4n) is 4.04. The number of aliphatic carboxylic acids is 1. The molecule has 2 aromatic rings. The Bertz CT molecular complexity index is 878. The van der Waals surface area contributed by atoms with Crippen LogP contribution in [0.5, 0.6) is 11.5 Å². The van der Waals surface area contributed by atoms with Gasteiger partial charge in [-0.05, 0) is 41.0 Å². The maximum Gasteiger partial charge on any atom is 0.304 e. The molecule has 1 N–H and O–H groups in total. The van der Waals surface area contributed by atoms with Crippen LogP contribution in [0, 0.1) is 0 Å². The first-order chi connectivity index (χ1) is 12.8. The molecule has 4 heteroatoms. The fourth-order valence-corrected chi connectivity index (χ4v) is 4.04. The molecule has 1 aliphatic carbocycles. The zero-order valence-corrected chi connectivity index (χ0v) is 16.1. The number of carbonyl (C=O) groups is 1. The molecule has 0 saturated heterocycles. The summed E-state index contributed by atoms with van der Waals surface area (Å²) in [7, 11) is 0. The van der Waals surface area contributed by atoms with Gasteiger partial charge in [0.25, 0.3) is 0 Å². The minimum absolute atomic E-state index is 0.0586. The fraction of sp³-hybridized carbons (Fsp3) is 0.435. The van der Waals surface area contributed by atoms with E-state index in [9.17, 15) is 4.79 Å². The van der Waals surface area contributed by atoms with Crippen molar-refractivity contribution in [1.29, 1.82) is 0 Å². The van der Waals surface area contributed by atoms with Crippen molar-refractivity contribution >= 4 is 5.97 Å². The molecule has 4 rings (SSSR count). The Morgan fingerprint density at radius 3 is 2.70 bits per heavy atom. The summed E-state index contributed by atoms with van der Waals surface area (Å²) in [6.07, 6.45) is 2.16. The van der Waals surface area contributed by atoms with Crippen LogP contribution in [0.3, 0.4) is 0 Å². The third kappa shape index (κ3) is 3.53. The van der Waals surface area contributed by atoms with Crippen molar-refractivity contribution in [3.8, 4) is 11.5 Å². The summed E-state index contributed by atoms with van der Waals surface area (Å²) < 4.78 is 12.0. The third-order valence-electron chi connectivity index (χ3n) is 5.60. The topological polar surface area (TPSA) is 55.8 Å². The van der Waals surface area contributed by atoms with E-state index in [0.717, 1.165) is 29.9 Å². The van der Waals surface area contributed by atoms with Crippen molar-refractivity contribution in [3.63, 3.8) is 0 Å². The Balaban J connectivity index is 1.51. The van der Waals surface area contributed by atoms with Gasteiger partial charge in [0, 0.05) is 17.5 Å². The van der Waals surface area contributed by atoms with Gasteiger partial charge in [0.05, 0.1) is 13.0 Å². The largest absolute Gasteiger partial charge is 0.492 e. The first-order valence-electron chi connectivity index (χ1n) is 9.60. The van der Waals surface area contributed by atoms with Gasteiger partial charge in [-0.2, -0.15) is 0 Å². The molecule has 142 valence electrons. The van der Waals surface area contributed by atoms with Gasteiger partial charge in [0.2, 0.25) is 0 Å². The van der Waals surface area contributed by atoms with E-state index in [4.69, 9.17) is 14.6 Å². The number of hydrogen-bond donors (Lipinski definition) is 1. The number of rotatable bonds is 4. The van der Waals surface area contributed by atoms with E-state index < -0.39 is 5.97 Å². The second-order valence-electron chi connectivity index (χ2n) is 8.61. The van der Waals surface area contributed by atoms with Gasteiger partial charge in [-0.25, -0.2) is 0 Å². The molecule has 0 spiro atoms. The molecule has 27 heavy (non-hydrogen) atoms. The number of carboxylic acid groups (broad SMARTS) is 1. The molecule has 2 aliphatic rings. The van der Waals surface area contributed by atoms with E-state index >= 15 is 0 Å². The summed E-state index contributed by atoms with van der Waals surface area (Å²) in [5.74, 6) is 0.658. The molecule has 0 amide bonds. The molecular weight excluding hydrogens is 340 g/mol. The SMILES string of the molecule is CC(C)(C)c1ccc2c(c1)CC[C@H]2Oc1ccc2c(c1)OC[C@H]2CC(=O)O. The van der Waals surface area contributed by atoms with E-state index in [2.05, 4.69) is 39.0 Å². The lowest BCUT2D eigenvalue weighted by Gasteiger charge is -2.21. The Labute approximate surface area is 160 Å². The molecule has 2 atom stereocenters. The summed E-state index contributed by atoms with van der Waals surface area (Å²) in [6.45, 7) is 7.13. The van der Waals surface area contributed by atoms with Gasteiger partial charge in [0.1, 0.15) is 17.6 Å². The molecule has 2 aromatic carbocycles. The smallest absolute Gasteiger partial charge is 0.304 e. The van der Waals surface area contributed by atoms with Gasteiger partial charge < -0.3 is 14.6 Å². The maximum atomic E-state index is 11.0. The van der Waals surface area contributed by atoms with Crippen molar-refractivity contribution in [3.05, 3.63) is 58.7 Å². The van der Waals surface area contributed by atoms with Crippen LogP contribution in [0.2, 0.25) is 0 Å². The standard InChI is InChI=1S/C23H26O4/c1-23(2,3)16-5-7-18-14(10-16)4-9-20(18)27-17-6-8-19-15(11-22(24)25)13-26-21(19)12-17/h5-8,10,12,15,20H,4,9,11,13H2,1-3H3,(H,24,25)/t15-,20-/m1/s1. The second kappa shape index (κ2) is 6.59. The average Bonchev–Trinajstić information content (AvgIpc) is 3.18. The maximum absolute atomic E-state index is 11.0. The molecule has 0 unspecified atom stereocenters. The molecule has 0 saturated carbocycles. The Morgan fingerprint density at radius 1 is 1.19 bits per heavy atom. The van der Waals surface area contributed by atoms with Gasteiger partial charge in [-0.1, -0.05) is 45.0 Å². The molecule has 1 heterocycles. The van der Waals surface area contributed by atoms with Crippen LogP contribution in [0.25, 0.3) is 0 Å². The highest BCUT2D eigenvalue weighted by molar-refractivity contribution is 5.68. The molecule has 1 aliphatic heterocycles. The van der Waals surface area contributed by atoms with Gasteiger partial charge in [0.15, 0.2) is 0 Å². The summed E-state index contributed by atoms with van der Waals surface area (Å²) in [5, 5.41) is 9.03. The van der Waals surface area contributed by atoms with Crippen LogP contribution in [-0.4, -0.2) is 17.7 Å². The van der Waals surface area contributed by atoms with Crippen molar-refractivity contribution < 1.29 is 19.4 Å². The van der Waals surface area contributed by atoms with E-state index in [1.807, 2.05) is 18.2 Å². The van der Waals surface area contributed by atoms with Crippen LogP contribution >= 0.6 is 0 Å². The lowest BCUT2D eigenvalue weighted by Crippen LogP contribution is -2.11. The van der Waals surface area contributed by atoms with Crippen molar-refractivity contribution in [2.45, 2.75) is 57.5 Å². The number of ether oxygens (including phenoxy) is 2. The molecular formula is C23H26O4. The third-order valence-corrected chi connectivity index (χ3v) is 5.60. The Morgan fingerprint density at radius 2 is 1.96 bits per heavy atom. The zero-order valence-electron chi connectivity index (χ0n) is 16.1. The summed E-state index contributed by atoms with van der Waals surface area (Å²) in [5.41, 5.74) is 5.13. The van der Waals surface area contributed by atoms with Crippen molar-refractivity contribution in [2.24, 2.45) is 0 Å². The molecule has 4 nitrogen and oxygen atoms in total. The predicted molar refractivity (Wildman–Crippen MR) is 104 cm³/mol. The van der Waals surface area contributed by atoms with Crippen molar-refractivity contribution in [2.75, 3.05) is 6.61 Å². The second-order valence-corrected chi connectivity index (χ2v) is 8.61. The Hall–Kier alpha value is -2.49. The van der Waals surface area contributed by atoms with E-state index in [-0.39, 0.29) is 23.9 Å². The number of hydrogen-bond acceptors (Lipinski definition) is 3. The first kappa shape index (κ1) is 17.9. The molecule has 0 fully saturated rings. The van der Waals surface area contributed by atoms with E-state index in [1.54, 1.807) is 0 Å². The van der Waals surface area contributed by atoms with Crippen LogP contribution < -0.4 is 9.47 Å². The summed E-state index contributed by atoms with van der Waals surface area (Å²) in [4.78, 5) is 11.0. The monoisotopic (exact) mass is 366 g/mol. The Kier molecular flexibility index (Phi) is 4.37. The highest BCUT2D eigenvalue weighted by atomic mass is 16.5. The number of fused-ring (bicyclic) bond motifs is 2. The number of carboxylic acids is 1. The predicted octanol–water partition coefficient (Wildman–Crippen LogP) is 5.00. The zero-order chi connectivity index (χ0) is 19.2. The van der Waals surface area contributed by atoms with Gasteiger partial charge in [-0.3, -0.25) is 4.79 Å². The van der Waals surface area contributed by atoms with Gasteiger partial charge >= 0.3 is 5.97 Å². The lowest BCUT2D eigenvalue weighted by atomic mass is 9.85. The van der Waals surface area contributed by atoms with E-state index in [0.29, 0.717) is 6.61 Å². The lowest BCUT2D eigenvalue weighted by molar-refractivity contribution is -0.137. The quantitative estimate of drug-likeness (QED) is 0.827. The van der Waals surface area contributed by atoms with Crippen LogP contribution in [0.4, 0.5) is 0 Å². The minimum Gasteiger partial charge on any atom is -0.492 e. The highest BCUT2D eigenvalue weighted by Crippen LogP contribution is 2.41. The normalized spacial score (nSPS) is 20.7. The average molecular weight is 366 g/mol. The van der Waals surface area contributed by atoms with Crippen LogP contribution in [-0.2, 0) is 16.6 Å². The van der Waals surface area contributed by atoms with Gasteiger partial charge in [-0.15, -0.1) is 0 Å². The van der Waals surface area contributed by atoms with Crippen LogP contribution in [0.1, 0.15) is 67.9 Å². The van der Waals surface area contributed by atoms with Crippen molar-refractivity contribution in [1.82, 2.24) is 0 Å². The van der Waals surface area contributed by atoms with E-state index in [1.165, 1.54) is 16.7 Å². The number of benzene rings is 2. The first-order valence-corrected chi connectivity index (χ1v) is 9.60. The highest BCUT2D eigenvalue weighted by Gasteiger charge is 2.29. The summed E-state index contributed by atoms with van der Waals surface area (Å²) >= 11 is 0. The molecule has 0 radical (unpaired) electrons.